The van der Waals surface area contributed by atoms with E-state index in [9.17, 15) is 4.79 Å². The Morgan fingerprint density at radius 3 is 2.33 bits per heavy atom. The summed E-state index contributed by atoms with van der Waals surface area (Å²) in [6.07, 6.45) is 0.122. The first-order valence-electron chi connectivity index (χ1n) is 14.2. The average Bonchev–Trinajstić information content (AvgIpc) is 3.53. The minimum absolute atomic E-state index is 0.105. The quantitative estimate of drug-likeness (QED) is 0.0532. The predicted octanol–water partition coefficient (Wildman–Crippen LogP) is 8.63. The van der Waals surface area contributed by atoms with Crippen molar-refractivity contribution in [3.05, 3.63) is 129 Å². The first-order chi connectivity index (χ1) is 21.9. The molecule has 11 heteroatoms. The summed E-state index contributed by atoms with van der Waals surface area (Å²) in [5.41, 5.74) is 10.3. The molecule has 0 saturated carbocycles. The second-order valence-corrected chi connectivity index (χ2v) is 11.5. The molecule has 4 aromatic carbocycles. The van der Waals surface area contributed by atoms with E-state index in [1.165, 1.54) is 11.3 Å². The number of aromatic nitrogens is 1. The Labute approximate surface area is 275 Å². The zero-order valence-electron chi connectivity index (χ0n) is 24.4. The number of aliphatic imine (C=N–C) groups is 1. The van der Waals surface area contributed by atoms with Gasteiger partial charge in [-0.2, -0.15) is 0 Å². The van der Waals surface area contributed by atoms with Gasteiger partial charge in [-0.05, 0) is 47.5 Å². The van der Waals surface area contributed by atoms with Gasteiger partial charge in [-0.1, -0.05) is 90.8 Å². The number of ether oxygens (including phenoxy) is 2. The van der Waals surface area contributed by atoms with Gasteiger partial charge in [0.2, 0.25) is 0 Å². The molecule has 0 aliphatic rings. The number of benzene rings is 4. The molecule has 5 aromatic rings. The third-order valence-electron chi connectivity index (χ3n) is 6.64. The third kappa shape index (κ3) is 8.76. The number of halogens is 2. The van der Waals surface area contributed by atoms with Gasteiger partial charge in [0.15, 0.2) is 17.3 Å². The van der Waals surface area contributed by atoms with Crippen molar-refractivity contribution in [2.45, 2.75) is 32.7 Å². The molecule has 0 aliphatic heterocycles. The number of esters is 1. The number of nitrogens with two attached hydrogens (primary N) is 1. The van der Waals surface area contributed by atoms with Crippen molar-refractivity contribution in [2.75, 3.05) is 10.6 Å². The molecule has 1 heterocycles. The Morgan fingerprint density at radius 1 is 0.956 bits per heavy atom. The normalized spacial score (nSPS) is 11.9. The van der Waals surface area contributed by atoms with Crippen molar-refractivity contribution in [3.63, 3.8) is 0 Å². The van der Waals surface area contributed by atoms with E-state index in [1.807, 2.05) is 97.2 Å². The van der Waals surface area contributed by atoms with Gasteiger partial charge in [-0.15, -0.1) is 11.3 Å². The zero-order valence-corrected chi connectivity index (χ0v) is 26.7. The fourth-order valence-electron chi connectivity index (χ4n) is 4.30. The SMILES string of the molecule is CCC(Nc1ccc(Cl)c(Cl)c1C(=O)OCc1ccccc1)Oc1ccc(-c2csc(NC(N)=NCc3ccccc3)n2)cc1. The molecular formula is C34H31Cl2N5O3S. The van der Waals surface area contributed by atoms with Crippen LogP contribution in [0.3, 0.4) is 0 Å². The molecule has 0 fully saturated rings. The van der Waals surface area contributed by atoms with Gasteiger partial charge in [0.1, 0.15) is 17.9 Å². The van der Waals surface area contributed by atoms with Crippen molar-refractivity contribution >= 4 is 57.3 Å². The van der Waals surface area contributed by atoms with Crippen LogP contribution in [0.2, 0.25) is 10.0 Å². The number of hydrogen-bond donors (Lipinski definition) is 3. The van der Waals surface area contributed by atoms with Crippen LogP contribution < -0.4 is 21.1 Å². The fourth-order valence-corrected chi connectivity index (χ4v) is 5.42. The topological polar surface area (TPSA) is 111 Å². The first kappa shape index (κ1) is 31.8. The minimum atomic E-state index is -0.589. The molecule has 45 heavy (non-hydrogen) atoms. The number of nitrogens with zero attached hydrogens (tertiary/aromatic N) is 2. The Morgan fingerprint density at radius 2 is 1.64 bits per heavy atom. The van der Waals surface area contributed by atoms with Gasteiger partial charge < -0.3 is 25.8 Å². The number of thiazole rings is 1. The highest BCUT2D eigenvalue weighted by atomic mass is 35.5. The summed E-state index contributed by atoms with van der Waals surface area (Å²) in [6.45, 7) is 2.56. The van der Waals surface area contributed by atoms with Crippen LogP contribution in [0.5, 0.6) is 5.75 Å². The lowest BCUT2D eigenvalue weighted by molar-refractivity contribution is 0.0474. The highest BCUT2D eigenvalue weighted by Gasteiger charge is 2.22. The molecule has 0 aliphatic carbocycles. The number of guanidine groups is 1. The van der Waals surface area contributed by atoms with Crippen LogP contribution in [-0.4, -0.2) is 23.1 Å². The Hall–Kier alpha value is -4.57. The summed E-state index contributed by atoms with van der Waals surface area (Å²) in [5, 5.41) is 9.29. The molecule has 5 rings (SSSR count). The predicted molar refractivity (Wildman–Crippen MR) is 183 cm³/mol. The number of carbonyl (C=O) groups is 1. The Bertz CT molecular complexity index is 1750. The van der Waals surface area contributed by atoms with Crippen LogP contribution in [0.25, 0.3) is 11.3 Å². The van der Waals surface area contributed by atoms with Crippen molar-refractivity contribution in [1.29, 1.82) is 0 Å². The summed E-state index contributed by atoms with van der Waals surface area (Å²) in [7, 11) is 0. The van der Waals surface area contributed by atoms with Gasteiger partial charge >= 0.3 is 5.97 Å². The van der Waals surface area contributed by atoms with Crippen LogP contribution in [0.4, 0.5) is 10.8 Å². The van der Waals surface area contributed by atoms with Gasteiger partial charge in [0, 0.05) is 17.4 Å². The van der Waals surface area contributed by atoms with E-state index in [1.54, 1.807) is 12.1 Å². The summed E-state index contributed by atoms with van der Waals surface area (Å²) in [4.78, 5) is 22.1. The molecule has 1 atom stereocenters. The van der Waals surface area contributed by atoms with E-state index in [4.69, 9.17) is 38.4 Å². The third-order valence-corrected chi connectivity index (χ3v) is 8.20. The lowest BCUT2D eigenvalue weighted by atomic mass is 10.1. The van der Waals surface area contributed by atoms with Crippen LogP contribution in [0.1, 0.15) is 34.8 Å². The lowest BCUT2D eigenvalue weighted by Crippen LogP contribution is -2.26. The minimum Gasteiger partial charge on any atom is -0.471 e. The molecule has 1 unspecified atom stereocenters. The highest BCUT2D eigenvalue weighted by Crippen LogP contribution is 2.33. The largest absolute Gasteiger partial charge is 0.471 e. The van der Waals surface area contributed by atoms with Crippen LogP contribution in [0, 0.1) is 0 Å². The van der Waals surface area contributed by atoms with E-state index < -0.39 is 12.2 Å². The molecular weight excluding hydrogens is 629 g/mol. The average molecular weight is 661 g/mol. The summed E-state index contributed by atoms with van der Waals surface area (Å²) < 4.78 is 11.8. The van der Waals surface area contributed by atoms with Gasteiger partial charge in [-0.3, -0.25) is 0 Å². The number of nitrogens with one attached hydrogen (secondary N) is 2. The number of carbonyl (C=O) groups excluding carboxylic acids is 1. The molecule has 0 amide bonds. The first-order valence-corrected chi connectivity index (χ1v) is 15.8. The van der Waals surface area contributed by atoms with Crippen molar-refractivity contribution in [3.8, 4) is 17.0 Å². The van der Waals surface area contributed by atoms with E-state index >= 15 is 0 Å². The zero-order chi connectivity index (χ0) is 31.6. The van der Waals surface area contributed by atoms with Gasteiger partial charge in [0.25, 0.3) is 0 Å². The van der Waals surface area contributed by atoms with E-state index in [-0.39, 0.29) is 22.2 Å². The smallest absolute Gasteiger partial charge is 0.342 e. The maximum Gasteiger partial charge on any atom is 0.342 e. The van der Waals surface area contributed by atoms with Crippen molar-refractivity contribution < 1.29 is 14.3 Å². The maximum atomic E-state index is 13.1. The molecule has 0 radical (unpaired) electrons. The van der Waals surface area contributed by atoms with Crippen LogP contribution >= 0.6 is 34.5 Å². The van der Waals surface area contributed by atoms with E-state index in [0.29, 0.717) is 35.5 Å². The van der Waals surface area contributed by atoms with E-state index in [0.717, 1.165) is 22.4 Å². The molecule has 0 saturated heterocycles. The monoisotopic (exact) mass is 659 g/mol. The molecule has 1 aromatic heterocycles. The summed E-state index contributed by atoms with van der Waals surface area (Å²) in [5.74, 6) is 0.350. The Kier molecular flexibility index (Phi) is 10.9. The molecule has 230 valence electrons. The van der Waals surface area contributed by atoms with Crippen molar-refractivity contribution in [1.82, 2.24) is 4.98 Å². The number of anilines is 2. The summed E-state index contributed by atoms with van der Waals surface area (Å²) in [6, 6.07) is 30.2. The maximum absolute atomic E-state index is 13.1. The van der Waals surface area contributed by atoms with Crippen LogP contribution in [0.15, 0.2) is 107 Å². The van der Waals surface area contributed by atoms with E-state index in [2.05, 4.69) is 20.6 Å². The lowest BCUT2D eigenvalue weighted by Gasteiger charge is -2.22. The standard InChI is InChI=1S/C34H31Cl2N5O3S/c1-2-29(39-27-18-17-26(35)31(36)30(27)32(42)43-20-23-11-7-4-8-12-23)44-25-15-13-24(14-16-25)28-21-45-34(40-28)41-33(37)38-19-22-9-5-3-6-10-22/h3-18,21,29,39H,2,19-20H2,1H3,(H3,37,38,40,41). The van der Waals surface area contributed by atoms with Crippen LogP contribution in [-0.2, 0) is 17.9 Å². The Balaban J connectivity index is 1.21. The second-order valence-electron chi connectivity index (χ2n) is 9.88. The second kappa shape index (κ2) is 15.4. The fraction of sp³-hybridized carbons (Fsp3) is 0.147. The van der Waals surface area contributed by atoms with Crippen molar-refractivity contribution in [2.24, 2.45) is 10.7 Å². The highest BCUT2D eigenvalue weighted by molar-refractivity contribution is 7.14. The molecule has 4 N–H and O–H groups in total. The van der Waals surface area contributed by atoms with Gasteiger partial charge in [0.05, 0.1) is 28.0 Å². The summed E-state index contributed by atoms with van der Waals surface area (Å²) >= 11 is 14.2. The number of hydrogen-bond acceptors (Lipinski definition) is 7. The molecule has 0 bridgehead atoms. The number of rotatable bonds is 12. The molecule has 8 nitrogen and oxygen atoms in total. The molecule has 0 spiro atoms. The van der Waals surface area contributed by atoms with Gasteiger partial charge in [-0.25, -0.2) is 14.8 Å².